The van der Waals surface area contributed by atoms with E-state index in [2.05, 4.69) is 0 Å². The van der Waals surface area contributed by atoms with Gasteiger partial charge in [0, 0.05) is 11.1 Å². The van der Waals surface area contributed by atoms with Gasteiger partial charge in [0.15, 0.2) is 0 Å². The van der Waals surface area contributed by atoms with E-state index in [0.717, 1.165) is 21.5 Å². The van der Waals surface area contributed by atoms with Crippen LogP contribution < -0.4 is 0 Å². The van der Waals surface area contributed by atoms with Gasteiger partial charge in [-0.05, 0) is 40.1 Å². The molecule has 0 aliphatic carbocycles. The summed E-state index contributed by atoms with van der Waals surface area (Å²) in [6.07, 6.45) is 0. The lowest BCUT2D eigenvalue weighted by Crippen LogP contribution is -2.04. The SMILES string of the molecule is Cc1cc2ccccc2c(-c2c(O)ccc3ccccc23)c1C(=O)O. The molecule has 0 bridgehead atoms. The molecule has 2 N–H and O–H groups in total. The van der Waals surface area contributed by atoms with E-state index in [0.29, 0.717) is 16.7 Å². The van der Waals surface area contributed by atoms with E-state index >= 15 is 0 Å². The monoisotopic (exact) mass is 328 g/mol. The third kappa shape index (κ3) is 2.32. The summed E-state index contributed by atoms with van der Waals surface area (Å²) in [6, 6.07) is 20.7. The van der Waals surface area contributed by atoms with Gasteiger partial charge < -0.3 is 10.2 Å². The summed E-state index contributed by atoms with van der Waals surface area (Å²) in [6.45, 7) is 1.79. The second-order valence-corrected chi connectivity index (χ2v) is 6.15. The first-order chi connectivity index (χ1) is 12.1. The van der Waals surface area contributed by atoms with Gasteiger partial charge >= 0.3 is 5.97 Å². The summed E-state index contributed by atoms with van der Waals surface area (Å²) in [5, 5.41) is 24.0. The Hall–Kier alpha value is -3.33. The lowest BCUT2D eigenvalue weighted by atomic mass is 9.87. The first-order valence-electron chi connectivity index (χ1n) is 8.04. The second-order valence-electron chi connectivity index (χ2n) is 6.15. The van der Waals surface area contributed by atoms with Crippen molar-refractivity contribution in [3.63, 3.8) is 0 Å². The molecule has 0 aliphatic rings. The molecule has 0 aliphatic heterocycles. The summed E-state index contributed by atoms with van der Waals surface area (Å²) in [5.74, 6) is -0.914. The Balaban J connectivity index is 2.27. The minimum Gasteiger partial charge on any atom is -0.507 e. The van der Waals surface area contributed by atoms with E-state index in [1.54, 1.807) is 13.0 Å². The van der Waals surface area contributed by atoms with Crippen LogP contribution in [-0.2, 0) is 0 Å². The predicted molar refractivity (Wildman–Crippen MR) is 100 cm³/mol. The fraction of sp³-hybridized carbons (Fsp3) is 0.0455. The molecule has 0 unspecified atom stereocenters. The molecule has 3 heteroatoms. The predicted octanol–water partition coefficient (Wildman–Crippen LogP) is 5.37. The molecule has 0 fully saturated rings. The van der Waals surface area contributed by atoms with E-state index < -0.39 is 5.97 Å². The highest BCUT2D eigenvalue weighted by molar-refractivity contribution is 6.14. The van der Waals surface area contributed by atoms with Crippen molar-refractivity contribution >= 4 is 27.5 Å². The third-order valence-electron chi connectivity index (χ3n) is 4.62. The van der Waals surface area contributed by atoms with Gasteiger partial charge in [-0.25, -0.2) is 4.79 Å². The standard InChI is InChI=1S/C22H16O3/c1-13-12-15-7-3-5-9-17(15)21(19(13)22(24)25)20-16-8-4-2-6-14(16)10-11-18(20)23/h2-12,23H,1H3,(H,24,25). The van der Waals surface area contributed by atoms with Crippen molar-refractivity contribution < 1.29 is 15.0 Å². The van der Waals surface area contributed by atoms with Crippen molar-refractivity contribution in [2.75, 3.05) is 0 Å². The van der Waals surface area contributed by atoms with Gasteiger partial charge in [0.25, 0.3) is 0 Å². The number of rotatable bonds is 2. The molecule has 3 nitrogen and oxygen atoms in total. The number of phenols is 1. The first-order valence-corrected chi connectivity index (χ1v) is 8.04. The summed E-state index contributed by atoms with van der Waals surface area (Å²) >= 11 is 0. The summed E-state index contributed by atoms with van der Waals surface area (Å²) < 4.78 is 0. The van der Waals surface area contributed by atoms with Crippen LogP contribution in [-0.4, -0.2) is 16.2 Å². The average Bonchev–Trinajstić information content (AvgIpc) is 2.60. The zero-order chi connectivity index (χ0) is 17.6. The number of carbonyl (C=O) groups is 1. The van der Waals surface area contributed by atoms with Crippen molar-refractivity contribution in [2.24, 2.45) is 0 Å². The minimum absolute atomic E-state index is 0.0805. The molecular formula is C22H16O3. The van der Waals surface area contributed by atoms with Gasteiger partial charge in [-0.3, -0.25) is 0 Å². The average molecular weight is 328 g/mol. The number of benzene rings is 4. The number of aromatic carboxylic acids is 1. The molecule has 4 rings (SSSR count). The van der Waals surface area contributed by atoms with Crippen LogP contribution in [0.4, 0.5) is 0 Å². The van der Waals surface area contributed by atoms with Crippen molar-refractivity contribution in [3.8, 4) is 16.9 Å². The fourth-order valence-corrected chi connectivity index (χ4v) is 3.55. The Morgan fingerprint density at radius 3 is 2.08 bits per heavy atom. The Kier molecular flexibility index (Phi) is 3.43. The molecule has 0 saturated carbocycles. The number of fused-ring (bicyclic) bond motifs is 2. The molecule has 0 aromatic heterocycles. The fourth-order valence-electron chi connectivity index (χ4n) is 3.55. The number of aryl methyl sites for hydroxylation is 1. The van der Waals surface area contributed by atoms with E-state index in [-0.39, 0.29) is 11.3 Å². The molecule has 0 radical (unpaired) electrons. The first kappa shape index (κ1) is 15.2. The van der Waals surface area contributed by atoms with Crippen molar-refractivity contribution in [1.29, 1.82) is 0 Å². The largest absolute Gasteiger partial charge is 0.507 e. The van der Waals surface area contributed by atoms with Crippen molar-refractivity contribution in [2.45, 2.75) is 6.92 Å². The molecule has 122 valence electrons. The topological polar surface area (TPSA) is 57.5 Å². The van der Waals surface area contributed by atoms with Crippen LogP contribution >= 0.6 is 0 Å². The van der Waals surface area contributed by atoms with E-state index in [9.17, 15) is 15.0 Å². The minimum atomic E-state index is -0.995. The lowest BCUT2D eigenvalue weighted by Gasteiger charge is -2.17. The smallest absolute Gasteiger partial charge is 0.336 e. The Bertz CT molecular complexity index is 1140. The second kappa shape index (κ2) is 5.64. The third-order valence-corrected chi connectivity index (χ3v) is 4.62. The van der Waals surface area contributed by atoms with Crippen LogP contribution in [0, 0.1) is 6.92 Å². The molecule has 0 heterocycles. The zero-order valence-corrected chi connectivity index (χ0v) is 13.7. The normalized spacial score (nSPS) is 11.1. The molecule has 0 spiro atoms. The maximum atomic E-state index is 12.0. The molecular weight excluding hydrogens is 312 g/mol. The van der Waals surface area contributed by atoms with E-state index in [1.165, 1.54) is 0 Å². The number of hydrogen-bond acceptors (Lipinski definition) is 2. The van der Waals surface area contributed by atoms with Crippen LogP contribution in [0.3, 0.4) is 0 Å². The maximum Gasteiger partial charge on any atom is 0.336 e. The van der Waals surface area contributed by atoms with Gasteiger partial charge in [-0.2, -0.15) is 0 Å². The molecule has 25 heavy (non-hydrogen) atoms. The van der Waals surface area contributed by atoms with Crippen molar-refractivity contribution in [1.82, 2.24) is 0 Å². The number of hydrogen-bond donors (Lipinski definition) is 2. The quantitative estimate of drug-likeness (QED) is 0.520. The van der Waals surface area contributed by atoms with Crippen LogP contribution in [0.2, 0.25) is 0 Å². The molecule has 4 aromatic carbocycles. The van der Waals surface area contributed by atoms with Crippen LogP contribution in [0.15, 0.2) is 66.7 Å². The molecule has 0 atom stereocenters. The van der Waals surface area contributed by atoms with Crippen LogP contribution in [0.5, 0.6) is 5.75 Å². The van der Waals surface area contributed by atoms with Crippen LogP contribution in [0.25, 0.3) is 32.7 Å². The highest BCUT2D eigenvalue weighted by atomic mass is 16.4. The van der Waals surface area contributed by atoms with Gasteiger partial charge in [0.1, 0.15) is 5.75 Å². The highest BCUT2D eigenvalue weighted by Crippen LogP contribution is 2.42. The number of phenolic OH excluding ortho intramolecular Hbond substituents is 1. The molecule has 0 saturated heterocycles. The summed E-state index contributed by atoms with van der Waals surface area (Å²) in [5.41, 5.74) is 2.03. The maximum absolute atomic E-state index is 12.0. The van der Waals surface area contributed by atoms with E-state index in [4.69, 9.17) is 0 Å². The van der Waals surface area contributed by atoms with Crippen LogP contribution in [0.1, 0.15) is 15.9 Å². The van der Waals surface area contributed by atoms with Gasteiger partial charge in [-0.15, -0.1) is 0 Å². The van der Waals surface area contributed by atoms with Gasteiger partial charge in [0.2, 0.25) is 0 Å². The molecule has 0 amide bonds. The Morgan fingerprint density at radius 2 is 1.40 bits per heavy atom. The number of aromatic hydroxyl groups is 1. The number of carboxylic acids is 1. The lowest BCUT2D eigenvalue weighted by molar-refractivity contribution is 0.0697. The Morgan fingerprint density at radius 1 is 0.800 bits per heavy atom. The zero-order valence-electron chi connectivity index (χ0n) is 13.7. The van der Waals surface area contributed by atoms with E-state index in [1.807, 2.05) is 60.7 Å². The van der Waals surface area contributed by atoms with Crippen molar-refractivity contribution in [3.05, 3.63) is 77.9 Å². The molecule has 4 aromatic rings. The summed E-state index contributed by atoms with van der Waals surface area (Å²) in [4.78, 5) is 12.0. The Labute approximate surface area is 144 Å². The highest BCUT2D eigenvalue weighted by Gasteiger charge is 2.22. The number of carboxylic acid groups (broad SMARTS) is 1. The summed E-state index contributed by atoms with van der Waals surface area (Å²) in [7, 11) is 0. The van der Waals surface area contributed by atoms with Gasteiger partial charge in [-0.1, -0.05) is 60.7 Å². The van der Waals surface area contributed by atoms with Gasteiger partial charge in [0.05, 0.1) is 5.56 Å².